The largest absolute Gasteiger partial charge is 0.434 e. The van der Waals surface area contributed by atoms with Crippen molar-refractivity contribution in [2.75, 3.05) is 5.75 Å². The van der Waals surface area contributed by atoms with Crippen LogP contribution in [0.25, 0.3) is 11.1 Å². The quantitative estimate of drug-likeness (QED) is 0.233. The molecule has 1 aromatic carbocycles. The van der Waals surface area contributed by atoms with E-state index >= 15 is 0 Å². The number of sulfone groups is 1. The smallest absolute Gasteiger partial charge is 0.266 e. The Morgan fingerprint density at radius 1 is 0.925 bits per heavy atom. The number of para-hydroxylation sites is 2. The number of nitrogens with zero attached hydrogens (tertiary/aromatic N) is 3. The van der Waals surface area contributed by atoms with Gasteiger partial charge in [-0.15, -0.1) is 0 Å². The lowest BCUT2D eigenvalue weighted by Gasteiger charge is -2.22. The number of benzene rings is 1. The summed E-state index contributed by atoms with van der Waals surface area (Å²) in [5.41, 5.74) is 1.56. The average molecular weight is 564 g/mol. The number of Topliss-reactive ketones (excluding diaryl/α,β-unsaturated/α-hetero) is 1. The predicted molar refractivity (Wildman–Crippen MR) is 147 cm³/mol. The number of hydrogen-bond acceptors (Lipinski definition) is 9. The summed E-state index contributed by atoms with van der Waals surface area (Å²) in [6, 6.07) is 10.5. The van der Waals surface area contributed by atoms with Gasteiger partial charge in [0.2, 0.25) is 11.7 Å². The number of carbonyl (C=O) groups excluding carboxylic acids is 3. The van der Waals surface area contributed by atoms with Crippen LogP contribution in [0.15, 0.2) is 77.7 Å². The summed E-state index contributed by atoms with van der Waals surface area (Å²) < 4.78 is 31.8. The second kappa shape index (κ2) is 13.1. The molecule has 3 heterocycles. The highest BCUT2D eigenvalue weighted by Gasteiger charge is 2.32. The van der Waals surface area contributed by atoms with Crippen LogP contribution in [0.4, 0.5) is 0 Å². The number of pyridine rings is 2. The Hall–Kier alpha value is -4.45. The maximum Gasteiger partial charge on any atom is 0.266 e. The molecule has 4 aromatic rings. The zero-order chi connectivity index (χ0) is 28.5. The molecule has 0 radical (unpaired) electrons. The summed E-state index contributed by atoms with van der Waals surface area (Å²) in [7, 11) is -3.89. The van der Waals surface area contributed by atoms with Crippen molar-refractivity contribution in [3.05, 3.63) is 90.3 Å². The fraction of sp³-hybridized carbons (Fsp3) is 0.286. The molecule has 208 valence electrons. The van der Waals surface area contributed by atoms with Gasteiger partial charge < -0.3 is 15.1 Å². The van der Waals surface area contributed by atoms with Crippen LogP contribution in [0.5, 0.6) is 0 Å². The van der Waals surface area contributed by atoms with Gasteiger partial charge >= 0.3 is 0 Å². The van der Waals surface area contributed by atoms with Crippen molar-refractivity contribution in [2.24, 2.45) is 0 Å². The molecule has 0 aliphatic carbocycles. The van der Waals surface area contributed by atoms with E-state index < -0.39 is 45.3 Å². The molecule has 0 bridgehead atoms. The highest BCUT2D eigenvalue weighted by Crippen LogP contribution is 2.18. The number of amides is 2. The number of fused-ring (bicyclic) bond motifs is 1. The minimum absolute atomic E-state index is 0.163. The van der Waals surface area contributed by atoms with Gasteiger partial charge in [0.05, 0.1) is 17.5 Å². The molecule has 0 saturated heterocycles. The van der Waals surface area contributed by atoms with Crippen molar-refractivity contribution in [1.29, 1.82) is 0 Å². The van der Waals surface area contributed by atoms with Gasteiger partial charge in [-0.2, -0.15) is 0 Å². The predicted octanol–water partition coefficient (Wildman–Crippen LogP) is 2.89. The van der Waals surface area contributed by atoms with Crippen LogP contribution in [0.2, 0.25) is 0 Å². The molecule has 2 atom stereocenters. The van der Waals surface area contributed by atoms with Crippen LogP contribution < -0.4 is 10.6 Å². The standard InChI is InChI=1S/C28H29N5O6S/c1-2-3-8-22(25(34)28-33-21-9-4-5-10-24(21)39-28)31-27(36)23(32-26(35)20-11-14-29-15-12-20)18-40(37,38)17-19-7-6-13-30-16-19/h4-7,9-16,22-23H,2-3,8,17-18H2,1H3,(H,31,36)(H,32,35)/t22-,23-/m0/s1. The first-order valence-electron chi connectivity index (χ1n) is 12.8. The Morgan fingerprint density at radius 3 is 2.40 bits per heavy atom. The van der Waals surface area contributed by atoms with E-state index in [1.165, 1.54) is 36.9 Å². The lowest BCUT2D eigenvalue weighted by molar-refractivity contribution is -0.123. The first-order chi connectivity index (χ1) is 19.3. The van der Waals surface area contributed by atoms with Gasteiger partial charge in [-0.1, -0.05) is 38.0 Å². The molecule has 0 fully saturated rings. The number of rotatable bonds is 13. The molecule has 0 aliphatic heterocycles. The Kier molecular flexibility index (Phi) is 9.33. The van der Waals surface area contributed by atoms with E-state index in [9.17, 15) is 22.8 Å². The molecular weight excluding hydrogens is 534 g/mol. The molecule has 2 N–H and O–H groups in total. The van der Waals surface area contributed by atoms with E-state index in [2.05, 4.69) is 25.6 Å². The van der Waals surface area contributed by atoms with Crippen molar-refractivity contribution in [1.82, 2.24) is 25.6 Å². The number of aromatic nitrogens is 3. The van der Waals surface area contributed by atoms with E-state index in [0.29, 0.717) is 23.1 Å². The highest BCUT2D eigenvalue weighted by molar-refractivity contribution is 7.90. The van der Waals surface area contributed by atoms with E-state index in [4.69, 9.17) is 4.42 Å². The minimum Gasteiger partial charge on any atom is -0.434 e. The molecule has 0 saturated carbocycles. The van der Waals surface area contributed by atoms with Crippen molar-refractivity contribution in [3.63, 3.8) is 0 Å². The van der Waals surface area contributed by atoms with E-state index in [-0.39, 0.29) is 23.6 Å². The lowest BCUT2D eigenvalue weighted by atomic mass is 10.0. The molecule has 12 heteroatoms. The second-order valence-corrected chi connectivity index (χ2v) is 11.3. The third-order valence-electron chi connectivity index (χ3n) is 6.08. The molecule has 0 aliphatic rings. The van der Waals surface area contributed by atoms with E-state index in [1.807, 2.05) is 6.92 Å². The van der Waals surface area contributed by atoms with Crippen molar-refractivity contribution in [3.8, 4) is 0 Å². The number of carbonyl (C=O) groups is 3. The topological polar surface area (TPSA) is 161 Å². The summed E-state index contributed by atoms with van der Waals surface area (Å²) in [5, 5.41) is 5.16. The maximum absolute atomic E-state index is 13.5. The molecule has 4 rings (SSSR count). The minimum atomic E-state index is -3.89. The number of unbranched alkanes of at least 4 members (excludes halogenated alkanes) is 1. The zero-order valence-electron chi connectivity index (χ0n) is 21.8. The first kappa shape index (κ1) is 28.6. The third kappa shape index (κ3) is 7.56. The summed E-state index contributed by atoms with van der Waals surface area (Å²) >= 11 is 0. The van der Waals surface area contributed by atoms with Gasteiger partial charge in [-0.3, -0.25) is 24.4 Å². The van der Waals surface area contributed by atoms with Crippen molar-refractivity contribution in [2.45, 2.75) is 44.0 Å². The summed E-state index contributed by atoms with van der Waals surface area (Å²) in [6.45, 7) is 1.94. The fourth-order valence-electron chi connectivity index (χ4n) is 4.05. The SMILES string of the molecule is CCCC[C@H](NC(=O)[C@H](CS(=O)(=O)Cc1cccnc1)NC(=O)c1ccncc1)C(=O)c1nc2ccccc2o1. The van der Waals surface area contributed by atoms with Crippen LogP contribution in [-0.2, 0) is 20.4 Å². The average Bonchev–Trinajstić information content (AvgIpc) is 3.39. The normalized spacial score (nSPS) is 12.9. The number of nitrogens with one attached hydrogen (secondary N) is 2. The van der Waals surface area contributed by atoms with Gasteiger partial charge in [0.15, 0.2) is 15.4 Å². The van der Waals surface area contributed by atoms with Crippen LogP contribution in [0, 0.1) is 0 Å². The monoisotopic (exact) mass is 563 g/mol. The van der Waals surface area contributed by atoms with Gasteiger partial charge in [0, 0.05) is 30.4 Å². The Balaban J connectivity index is 1.57. The van der Waals surface area contributed by atoms with Gasteiger partial charge in [0.1, 0.15) is 11.6 Å². The summed E-state index contributed by atoms with van der Waals surface area (Å²) in [4.78, 5) is 51.8. The number of hydrogen-bond donors (Lipinski definition) is 2. The zero-order valence-corrected chi connectivity index (χ0v) is 22.6. The number of oxazole rings is 1. The lowest BCUT2D eigenvalue weighted by Crippen LogP contribution is -2.54. The van der Waals surface area contributed by atoms with Gasteiger partial charge in [-0.25, -0.2) is 13.4 Å². The fourth-order valence-corrected chi connectivity index (χ4v) is 5.59. The van der Waals surface area contributed by atoms with Crippen molar-refractivity contribution < 1.29 is 27.2 Å². The molecule has 0 unspecified atom stereocenters. The second-order valence-electron chi connectivity index (χ2n) is 9.23. The van der Waals surface area contributed by atoms with Gasteiger partial charge in [0.25, 0.3) is 11.8 Å². The highest BCUT2D eigenvalue weighted by atomic mass is 32.2. The molecule has 3 aromatic heterocycles. The molecule has 2 amide bonds. The van der Waals surface area contributed by atoms with Crippen molar-refractivity contribution >= 4 is 38.5 Å². The van der Waals surface area contributed by atoms with Gasteiger partial charge in [-0.05, 0) is 42.3 Å². The molecule has 11 nitrogen and oxygen atoms in total. The molecule has 40 heavy (non-hydrogen) atoms. The number of ketones is 1. The molecule has 0 spiro atoms. The van der Waals surface area contributed by atoms with E-state index in [0.717, 1.165) is 6.42 Å². The van der Waals surface area contributed by atoms with Crippen LogP contribution in [-0.4, -0.2) is 58.8 Å². The Morgan fingerprint density at radius 2 is 1.70 bits per heavy atom. The van der Waals surface area contributed by atoms with Crippen LogP contribution in [0.1, 0.15) is 52.8 Å². The van der Waals surface area contributed by atoms with Crippen LogP contribution in [0.3, 0.4) is 0 Å². The first-order valence-corrected chi connectivity index (χ1v) is 14.6. The Labute approximate surface area is 231 Å². The summed E-state index contributed by atoms with van der Waals surface area (Å²) in [5.74, 6) is -3.25. The van der Waals surface area contributed by atoms with E-state index in [1.54, 1.807) is 36.4 Å². The maximum atomic E-state index is 13.5. The molecular formula is C28H29N5O6S. The summed E-state index contributed by atoms with van der Waals surface area (Å²) in [6.07, 6.45) is 7.37. The Bertz CT molecular complexity index is 1540. The van der Waals surface area contributed by atoms with Crippen LogP contribution >= 0.6 is 0 Å². The third-order valence-corrected chi connectivity index (χ3v) is 7.69.